The number of carboxylic acid groups (broad SMARTS) is 2. The minimum atomic E-state index is -4.74. The molecular formula is C15H11F3N2O7S2. The summed E-state index contributed by atoms with van der Waals surface area (Å²) in [5, 5.41) is 19.2. The number of carboxylic acids is 2. The van der Waals surface area contributed by atoms with Crippen molar-refractivity contribution in [3.63, 3.8) is 0 Å². The summed E-state index contributed by atoms with van der Waals surface area (Å²) in [5.74, 6) is -4.86. The number of aromatic carboxylic acids is 1. The third-order valence-corrected chi connectivity index (χ3v) is 5.79. The smallest absolute Gasteiger partial charge is 0.416 e. The molecule has 1 amide bonds. The van der Waals surface area contributed by atoms with Crippen molar-refractivity contribution in [2.24, 2.45) is 0 Å². The molecule has 9 nitrogen and oxygen atoms in total. The third-order valence-electron chi connectivity index (χ3n) is 3.34. The number of aliphatic carboxylic acids is 1. The van der Waals surface area contributed by atoms with Crippen molar-refractivity contribution in [1.29, 1.82) is 0 Å². The topological polar surface area (TPSA) is 150 Å². The van der Waals surface area contributed by atoms with Crippen molar-refractivity contribution in [3.8, 4) is 0 Å². The molecule has 0 saturated carbocycles. The van der Waals surface area contributed by atoms with Crippen molar-refractivity contribution in [2.45, 2.75) is 17.6 Å². The number of anilines is 1. The van der Waals surface area contributed by atoms with Crippen LogP contribution in [-0.4, -0.2) is 36.5 Å². The van der Waals surface area contributed by atoms with Crippen molar-refractivity contribution < 1.29 is 46.2 Å². The van der Waals surface area contributed by atoms with Crippen LogP contribution in [0.15, 0.2) is 35.2 Å². The Kier molecular flexibility index (Phi) is 6.30. The molecule has 2 aromatic rings. The number of hydrogen-bond donors (Lipinski definition) is 4. The van der Waals surface area contributed by atoms with Gasteiger partial charge in [0, 0.05) is 11.4 Å². The van der Waals surface area contributed by atoms with E-state index in [-0.39, 0.29) is 9.88 Å². The summed E-state index contributed by atoms with van der Waals surface area (Å²) in [6.45, 7) is -0.507. The van der Waals surface area contributed by atoms with Gasteiger partial charge in [-0.3, -0.25) is 4.79 Å². The number of thiophene rings is 1. The van der Waals surface area contributed by atoms with Gasteiger partial charge in [0.05, 0.1) is 16.0 Å². The molecule has 0 aliphatic rings. The van der Waals surface area contributed by atoms with Crippen molar-refractivity contribution in [2.75, 3.05) is 5.32 Å². The highest BCUT2D eigenvalue weighted by atomic mass is 32.2. The Morgan fingerprint density at radius 3 is 2.31 bits per heavy atom. The number of hydrogen-bond acceptors (Lipinski definition) is 6. The van der Waals surface area contributed by atoms with E-state index >= 15 is 0 Å². The van der Waals surface area contributed by atoms with Crippen LogP contribution in [0.1, 0.15) is 20.8 Å². The van der Waals surface area contributed by atoms with Crippen LogP contribution in [0.2, 0.25) is 0 Å². The molecule has 14 heteroatoms. The maximum atomic E-state index is 12.7. The molecule has 29 heavy (non-hydrogen) atoms. The van der Waals surface area contributed by atoms with Crippen LogP contribution in [0.25, 0.3) is 0 Å². The summed E-state index contributed by atoms with van der Waals surface area (Å²) in [6.07, 6.45) is -4.74. The number of sulfonamides is 1. The lowest BCUT2D eigenvalue weighted by atomic mass is 10.2. The molecule has 0 unspecified atom stereocenters. The standard InChI is InChI=1S/C15H11F3N2O7S2/c16-15(17,18)7-2-1-3-9(4-7)29(26,27)19-6-8-5-10(13(22)23)12(28-8)20-11(21)14(24)25/h1-5,19H,6H2,(H,20,21)(H,22,23)(H,24,25). The Morgan fingerprint density at radius 2 is 1.76 bits per heavy atom. The number of carbonyl (C=O) groups excluding carboxylic acids is 1. The Bertz CT molecular complexity index is 1080. The largest absolute Gasteiger partial charge is 0.478 e. The van der Waals surface area contributed by atoms with E-state index in [4.69, 9.17) is 10.2 Å². The number of nitrogens with one attached hydrogen (secondary N) is 2. The third kappa shape index (κ3) is 5.52. The lowest BCUT2D eigenvalue weighted by Gasteiger charge is -2.10. The SMILES string of the molecule is O=C(O)C(=O)Nc1sc(CNS(=O)(=O)c2cccc(C(F)(F)F)c2)cc1C(=O)O. The predicted octanol–water partition coefficient (Wildman–Crippen LogP) is 1.97. The van der Waals surface area contributed by atoms with Gasteiger partial charge < -0.3 is 15.5 Å². The first-order valence-corrected chi connectivity index (χ1v) is 9.68. The predicted molar refractivity (Wildman–Crippen MR) is 93.0 cm³/mol. The zero-order chi connectivity index (χ0) is 22.0. The first-order chi connectivity index (χ1) is 13.3. The molecule has 0 aliphatic carbocycles. The van der Waals surface area contributed by atoms with Crippen LogP contribution in [0.3, 0.4) is 0 Å². The Hall–Kier alpha value is -2.97. The normalized spacial score (nSPS) is 11.8. The lowest BCUT2D eigenvalue weighted by Crippen LogP contribution is -2.23. The number of amides is 1. The van der Waals surface area contributed by atoms with Gasteiger partial charge in [-0.05, 0) is 24.3 Å². The number of halogens is 3. The van der Waals surface area contributed by atoms with Crippen LogP contribution >= 0.6 is 11.3 Å². The zero-order valence-electron chi connectivity index (χ0n) is 14.0. The van der Waals surface area contributed by atoms with E-state index in [1.165, 1.54) is 0 Å². The highest BCUT2D eigenvalue weighted by Crippen LogP contribution is 2.31. The van der Waals surface area contributed by atoms with Crippen LogP contribution in [0, 0.1) is 0 Å². The van der Waals surface area contributed by atoms with E-state index in [0.717, 1.165) is 18.2 Å². The van der Waals surface area contributed by atoms with E-state index in [9.17, 15) is 36.0 Å². The lowest BCUT2D eigenvalue weighted by molar-refractivity contribution is -0.147. The average molecular weight is 452 g/mol. The number of benzene rings is 1. The monoisotopic (exact) mass is 452 g/mol. The van der Waals surface area contributed by atoms with Gasteiger partial charge in [-0.25, -0.2) is 22.7 Å². The summed E-state index contributed by atoms with van der Waals surface area (Å²) in [7, 11) is -4.37. The van der Waals surface area contributed by atoms with Gasteiger partial charge in [0.25, 0.3) is 0 Å². The molecule has 1 aromatic carbocycles. The second-order valence-corrected chi connectivity index (χ2v) is 8.27. The summed E-state index contributed by atoms with van der Waals surface area (Å²) >= 11 is 0.594. The summed E-state index contributed by atoms with van der Waals surface area (Å²) in [5.41, 5.74) is -1.64. The highest BCUT2D eigenvalue weighted by Gasteiger charge is 2.31. The fourth-order valence-electron chi connectivity index (χ4n) is 2.03. The van der Waals surface area contributed by atoms with Crippen LogP contribution < -0.4 is 10.0 Å². The van der Waals surface area contributed by atoms with Crippen molar-refractivity contribution >= 4 is 44.2 Å². The van der Waals surface area contributed by atoms with Gasteiger partial charge in [0.1, 0.15) is 5.00 Å². The second-order valence-electron chi connectivity index (χ2n) is 5.37. The maximum Gasteiger partial charge on any atom is 0.416 e. The molecule has 1 heterocycles. The Labute approximate surface area is 164 Å². The van der Waals surface area contributed by atoms with Crippen molar-refractivity contribution in [3.05, 3.63) is 46.3 Å². The van der Waals surface area contributed by atoms with Gasteiger partial charge in [0.15, 0.2) is 0 Å². The Morgan fingerprint density at radius 1 is 1.10 bits per heavy atom. The van der Waals surface area contributed by atoms with E-state index in [1.807, 2.05) is 10.0 Å². The summed E-state index contributed by atoms with van der Waals surface area (Å²) < 4.78 is 64.7. The average Bonchev–Trinajstić information content (AvgIpc) is 3.02. The molecule has 2 rings (SSSR count). The molecule has 0 bridgehead atoms. The molecule has 0 saturated heterocycles. The summed E-state index contributed by atoms with van der Waals surface area (Å²) in [6, 6.07) is 4.02. The molecule has 0 aliphatic heterocycles. The van der Waals surface area contributed by atoms with Crippen LogP contribution in [0.5, 0.6) is 0 Å². The highest BCUT2D eigenvalue weighted by molar-refractivity contribution is 7.89. The first-order valence-electron chi connectivity index (χ1n) is 7.38. The van der Waals surface area contributed by atoms with Gasteiger partial charge in [-0.1, -0.05) is 6.07 Å². The van der Waals surface area contributed by atoms with Crippen LogP contribution in [-0.2, 0) is 32.3 Å². The minimum Gasteiger partial charge on any atom is -0.478 e. The van der Waals surface area contributed by atoms with E-state index in [2.05, 4.69) is 0 Å². The molecule has 1 aromatic heterocycles. The van der Waals surface area contributed by atoms with E-state index in [1.54, 1.807) is 0 Å². The second kappa shape index (κ2) is 8.18. The number of alkyl halides is 3. The zero-order valence-corrected chi connectivity index (χ0v) is 15.6. The molecular weight excluding hydrogens is 441 g/mol. The molecule has 0 fully saturated rings. The van der Waals surface area contributed by atoms with Gasteiger partial charge in [0.2, 0.25) is 10.0 Å². The van der Waals surface area contributed by atoms with Gasteiger partial charge in [-0.15, -0.1) is 11.3 Å². The molecule has 0 spiro atoms. The molecule has 0 radical (unpaired) electrons. The van der Waals surface area contributed by atoms with E-state index in [0.29, 0.717) is 23.5 Å². The molecule has 156 valence electrons. The minimum absolute atomic E-state index is 0.0682. The van der Waals surface area contributed by atoms with Crippen LogP contribution in [0.4, 0.5) is 18.2 Å². The van der Waals surface area contributed by atoms with Gasteiger partial charge >= 0.3 is 24.0 Å². The Balaban J connectivity index is 2.23. The van der Waals surface area contributed by atoms with Crippen molar-refractivity contribution in [1.82, 2.24) is 4.72 Å². The fourth-order valence-corrected chi connectivity index (χ4v) is 4.15. The maximum absolute atomic E-state index is 12.7. The summed E-state index contributed by atoms with van der Waals surface area (Å²) in [4.78, 5) is 32.4. The van der Waals surface area contributed by atoms with E-state index < -0.39 is 56.6 Å². The fraction of sp³-hybridized carbons (Fsp3) is 0.133. The number of rotatable bonds is 6. The number of carbonyl (C=O) groups is 3. The van der Waals surface area contributed by atoms with Gasteiger partial charge in [-0.2, -0.15) is 13.2 Å². The quantitative estimate of drug-likeness (QED) is 0.490. The molecule has 0 atom stereocenters. The molecule has 4 N–H and O–H groups in total. The first kappa shape index (κ1) is 22.3.